The molecule has 1 N–H and O–H groups in total. The van der Waals surface area contributed by atoms with Gasteiger partial charge in [0, 0.05) is 18.3 Å². The predicted octanol–water partition coefficient (Wildman–Crippen LogP) is 6.52. The molecule has 3 rings (SSSR count). The van der Waals surface area contributed by atoms with Crippen LogP contribution in [0.1, 0.15) is 56.1 Å². The van der Waals surface area contributed by atoms with E-state index in [0.717, 1.165) is 16.8 Å². The lowest BCUT2D eigenvalue weighted by Crippen LogP contribution is -2.34. The molecule has 0 heterocycles. The van der Waals surface area contributed by atoms with E-state index < -0.39 is 27.9 Å². The summed E-state index contributed by atoms with van der Waals surface area (Å²) in [6.07, 6.45) is 2.87. The molecule has 11 heteroatoms. The summed E-state index contributed by atoms with van der Waals surface area (Å²) >= 11 is 0. The number of benzene rings is 3. The fraction of sp³-hybridized carbons (Fsp3) is 0.333. The molecular weight excluding hydrogens is 584 g/mol. The molecule has 1 unspecified atom stereocenters. The van der Waals surface area contributed by atoms with E-state index in [1.807, 2.05) is 87.5 Å². The van der Waals surface area contributed by atoms with Crippen LogP contribution in [-0.4, -0.2) is 58.1 Å². The van der Waals surface area contributed by atoms with Gasteiger partial charge in [0.2, 0.25) is 0 Å². The lowest BCUT2D eigenvalue weighted by molar-refractivity contribution is 0.00427. The van der Waals surface area contributed by atoms with Crippen molar-refractivity contribution in [2.75, 3.05) is 38.4 Å². The molecule has 1 amide bonds. The molecule has 0 fully saturated rings. The summed E-state index contributed by atoms with van der Waals surface area (Å²) in [4.78, 5) is 13.4. The predicted molar refractivity (Wildman–Crippen MR) is 168 cm³/mol. The summed E-state index contributed by atoms with van der Waals surface area (Å²) in [6.45, 7) is 8.19. The first-order valence-corrected chi connectivity index (χ1v) is 15.4. The van der Waals surface area contributed by atoms with Gasteiger partial charge >= 0.3 is 6.09 Å². The van der Waals surface area contributed by atoms with Crippen LogP contribution in [0.3, 0.4) is 0 Å². The molecule has 0 radical (unpaired) electrons. The molecule has 0 aliphatic rings. The summed E-state index contributed by atoms with van der Waals surface area (Å²) in [6, 6.07) is 21.0. The molecule has 3 aromatic rings. The smallest absolute Gasteiger partial charge is 0.414 e. The Balaban J connectivity index is 1.39. The van der Waals surface area contributed by atoms with E-state index in [1.165, 1.54) is 23.1 Å². The van der Waals surface area contributed by atoms with Crippen LogP contribution in [0.5, 0.6) is 5.75 Å². The van der Waals surface area contributed by atoms with Gasteiger partial charge in [0.25, 0.3) is 10.1 Å². The second-order valence-electron chi connectivity index (χ2n) is 10.8. The van der Waals surface area contributed by atoms with Crippen molar-refractivity contribution < 1.29 is 36.7 Å². The van der Waals surface area contributed by atoms with Crippen molar-refractivity contribution in [2.45, 2.75) is 44.3 Å². The fourth-order valence-electron chi connectivity index (χ4n) is 3.98. The number of hydrogen-bond acceptors (Lipinski definition) is 8. The van der Waals surface area contributed by atoms with Crippen LogP contribution in [0.2, 0.25) is 0 Å². The molecule has 234 valence electrons. The minimum absolute atomic E-state index is 0.174. The Bertz CT molecular complexity index is 1570. The summed E-state index contributed by atoms with van der Waals surface area (Å²) in [5.74, 6) is 0.695. The fourth-order valence-corrected chi connectivity index (χ4v) is 4.74. The third-order valence-electron chi connectivity index (χ3n) is 6.24. The van der Waals surface area contributed by atoms with E-state index in [2.05, 4.69) is 0 Å². The molecular formula is C33H38N2O8S. The first kappa shape index (κ1) is 34.3. The molecule has 0 aromatic heterocycles. The van der Waals surface area contributed by atoms with Gasteiger partial charge in [-0.15, -0.1) is 0 Å². The Hall–Kier alpha value is -4.21. The van der Waals surface area contributed by atoms with Crippen LogP contribution < -0.4 is 9.64 Å². The highest BCUT2D eigenvalue weighted by atomic mass is 32.2. The molecule has 0 saturated carbocycles. The average Bonchev–Trinajstić information content (AvgIpc) is 2.98. The van der Waals surface area contributed by atoms with Crippen LogP contribution in [0.15, 0.2) is 71.6 Å². The highest BCUT2D eigenvalue weighted by Crippen LogP contribution is 2.26. The van der Waals surface area contributed by atoms with Gasteiger partial charge in [-0.05, 0) is 81.3 Å². The Kier molecular flexibility index (Phi) is 12.1. The van der Waals surface area contributed by atoms with Crippen molar-refractivity contribution in [3.05, 3.63) is 89.0 Å². The zero-order valence-corrected chi connectivity index (χ0v) is 26.3. The minimum Gasteiger partial charge on any atom is -0.491 e. The Labute approximate surface area is 259 Å². The van der Waals surface area contributed by atoms with E-state index in [1.54, 1.807) is 14.0 Å². The van der Waals surface area contributed by atoms with E-state index in [-0.39, 0.29) is 29.2 Å². The van der Waals surface area contributed by atoms with Crippen molar-refractivity contribution in [3.63, 3.8) is 0 Å². The van der Waals surface area contributed by atoms with E-state index >= 15 is 0 Å². The van der Waals surface area contributed by atoms with E-state index in [9.17, 15) is 17.8 Å². The molecule has 1 atom stereocenters. The van der Waals surface area contributed by atoms with Gasteiger partial charge in [0.15, 0.2) is 0 Å². The SMILES string of the molecule is CC(OCCOCCOc1ccc(/C=C/c2ccc(N(C)C(=O)OC(C)(C)C)cc2)cc1)c1cc(C#N)ccc1S(=O)(=O)O. The number of nitriles is 1. The Morgan fingerprint density at radius 3 is 2.11 bits per heavy atom. The summed E-state index contributed by atoms with van der Waals surface area (Å²) in [5, 5.41) is 9.10. The quantitative estimate of drug-likeness (QED) is 0.128. The number of amides is 1. The van der Waals surface area contributed by atoms with Crippen LogP contribution in [0.4, 0.5) is 10.5 Å². The van der Waals surface area contributed by atoms with Crippen molar-refractivity contribution in [1.29, 1.82) is 5.26 Å². The van der Waals surface area contributed by atoms with Crippen LogP contribution in [0, 0.1) is 11.3 Å². The largest absolute Gasteiger partial charge is 0.491 e. The third-order valence-corrected chi connectivity index (χ3v) is 7.17. The Morgan fingerprint density at radius 2 is 1.55 bits per heavy atom. The zero-order valence-electron chi connectivity index (χ0n) is 25.5. The summed E-state index contributed by atoms with van der Waals surface area (Å²) in [7, 11) is -2.78. The maximum atomic E-state index is 12.3. The number of anilines is 1. The lowest BCUT2D eigenvalue weighted by atomic mass is 10.1. The number of carbonyl (C=O) groups is 1. The number of rotatable bonds is 13. The monoisotopic (exact) mass is 622 g/mol. The van der Waals surface area contributed by atoms with Gasteiger partial charge in [0.05, 0.1) is 42.5 Å². The maximum Gasteiger partial charge on any atom is 0.414 e. The van der Waals surface area contributed by atoms with Gasteiger partial charge in [-0.25, -0.2) is 4.79 Å². The van der Waals surface area contributed by atoms with Crippen molar-refractivity contribution >= 4 is 34.1 Å². The first-order valence-electron chi connectivity index (χ1n) is 14.0. The zero-order chi connectivity index (χ0) is 32.3. The number of ether oxygens (including phenoxy) is 4. The summed E-state index contributed by atoms with van der Waals surface area (Å²) < 4.78 is 55.2. The Morgan fingerprint density at radius 1 is 0.955 bits per heavy atom. The topological polar surface area (TPSA) is 135 Å². The second-order valence-corrected chi connectivity index (χ2v) is 12.2. The molecule has 0 spiro atoms. The number of carbonyl (C=O) groups excluding carboxylic acids is 1. The molecule has 3 aromatic carbocycles. The second kappa shape index (κ2) is 15.5. The standard InChI is InChI=1S/C33H38N2O8S/c1-24(30-22-27(23-34)12-17-31(30)44(37,38)39)41-20-18-40-19-21-42-29-15-10-26(11-16-29)7-6-25-8-13-28(14-9-25)35(5)32(36)43-33(2,3)4/h6-17,22,24H,18-21H2,1-5H3,(H,37,38,39)/b7-6+. The molecule has 0 aliphatic carbocycles. The van der Waals surface area contributed by atoms with Crippen LogP contribution in [0.25, 0.3) is 12.2 Å². The van der Waals surface area contributed by atoms with Crippen molar-refractivity contribution in [1.82, 2.24) is 0 Å². The molecule has 0 saturated heterocycles. The van der Waals surface area contributed by atoms with Crippen LogP contribution >= 0.6 is 0 Å². The van der Waals surface area contributed by atoms with E-state index in [0.29, 0.717) is 19.0 Å². The average molecular weight is 623 g/mol. The molecule has 44 heavy (non-hydrogen) atoms. The molecule has 0 aliphatic heterocycles. The minimum atomic E-state index is -4.46. The van der Waals surface area contributed by atoms with Crippen molar-refractivity contribution in [3.8, 4) is 11.8 Å². The van der Waals surface area contributed by atoms with E-state index in [4.69, 9.17) is 24.2 Å². The van der Waals surface area contributed by atoms with Crippen molar-refractivity contribution in [2.24, 2.45) is 0 Å². The van der Waals surface area contributed by atoms with Gasteiger partial charge < -0.3 is 18.9 Å². The number of hydrogen-bond donors (Lipinski definition) is 1. The highest BCUT2D eigenvalue weighted by Gasteiger charge is 2.21. The van der Waals surface area contributed by atoms with Gasteiger partial charge in [-0.3, -0.25) is 9.45 Å². The first-order chi connectivity index (χ1) is 20.8. The highest BCUT2D eigenvalue weighted by molar-refractivity contribution is 7.85. The third kappa shape index (κ3) is 10.8. The lowest BCUT2D eigenvalue weighted by Gasteiger charge is -2.24. The maximum absolute atomic E-state index is 12.3. The van der Waals surface area contributed by atoms with Gasteiger partial charge in [-0.1, -0.05) is 36.4 Å². The van der Waals surface area contributed by atoms with Gasteiger partial charge in [0.1, 0.15) is 18.0 Å². The van der Waals surface area contributed by atoms with Crippen LogP contribution in [-0.2, 0) is 24.3 Å². The number of nitrogens with zero attached hydrogens (tertiary/aromatic N) is 2. The normalized spacial score (nSPS) is 12.5. The molecule has 10 nitrogen and oxygen atoms in total. The van der Waals surface area contributed by atoms with Gasteiger partial charge in [-0.2, -0.15) is 13.7 Å². The molecule has 0 bridgehead atoms. The summed E-state index contributed by atoms with van der Waals surface area (Å²) in [5.41, 5.74) is 2.62.